The number of hydrogen-bond acceptors (Lipinski definition) is 3. The van der Waals surface area contributed by atoms with Gasteiger partial charge in [0, 0.05) is 24.0 Å². The van der Waals surface area contributed by atoms with Gasteiger partial charge >= 0.3 is 0 Å². The van der Waals surface area contributed by atoms with Crippen molar-refractivity contribution in [2.45, 2.75) is 6.54 Å². The molecular formula is C18H11ClF2N4. The maximum Gasteiger partial charge on any atom is 0.213 e. The Morgan fingerprint density at radius 1 is 1.00 bits per heavy atom. The molecule has 25 heavy (non-hydrogen) atoms. The third kappa shape index (κ3) is 3.08. The van der Waals surface area contributed by atoms with E-state index in [4.69, 9.17) is 11.6 Å². The van der Waals surface area contributed by atoms with Gasteiger partial charge in [0.1, 0.15) is 5.82 Å². The van der Waals surface area contributed by atoms with Crippen LogP contribution in [0.2, 0.25) is 5.02 Å². The van der Waals surface area contributed by atoms with E-state index in [-0.39, 0.29) is 5.82 Å². The summed E-state index contributed by atoms with van der Waals surface area (Å²) in [7, 11) is 0. The highest BCUT2D eigenvalue weighted by molar-refractivity contribution is 6.33. The maximum atomic E-state index is 13.5. The molecule has 0 unspecified atom stereocenters. The number of halogens is 3. The minimum absolute atomic E-state index is 0.362. The molecule has 0 amide bonds. The van der Waals surface area contributed by atoms with Gasteiger partial charge < -0.3 is 4.57 Å². The smallest absolute Gasteiger partial charge is 0.213 e. The second-order valence-corrected chi connectivity index (χ2v) is 5.98. The molecule has 4 nitrogen and oxygen atoms in total. The summed E-state index contributed by atoms with van der Waals surface area (Å²) in [5.41, 5.74) is 3.63. The van der Waals surface area contributed by atoms with E-state index in [2.05, 4.69) is 15.0 Å². The van der Waals surface area contributed by atoms with Gasteiger partial charge in [0.2, 0.25) is 5.95 Å². The number of rotatable bonds is 3. The van der Waals surface area contributed by atoms with Crippen LogP contribution < -0.4 is 0 Å². The fraction of sp³-hybridized carbons (Fsp3) is 0.0556. The molecule has 1 aromatic carbocycles. The van der Waals surface area contributed by atoms with Crippen LogP contribution in [0.15, 0.2) is 55.2 Å². The van der Waals surface area contributed by atoms with Crippen molar-refractivity contribution in [3.63, 3.8) is 0 Å². The lowest BCUT2D eigenvalue weighted by Gasteiger charge is -2.07. The first-order valence-corrected chi connectivity index (χ1v) is 7.84. The molecule has 0 saturated heterocycles. The summed E-state index contributed by atoms with van der Waals surface area (Å²) < 4.78 is 28.7. The highest BCUT2D eigenvalue weighted by atomic mass is 35.5. The van der Waals surface area contributed by atoms with Gasteiger partial charge in [0.25, 0.3) is 0 Å². The number of hydrogen-bond donors (Lipinski definition) is 0. The second kappa shape index (κ2) is 6.22. The van der Waals surface area contributed by atoms with Gasteiger partial charge in [-0.2, -0.15) is 4.39 Å². The van der Waals surface area contributed by atoms with Gasteiger partial charge in [0.15, 0.2) is 0 Å². The van der Waals surface area contributed by atoms with E-state index in [0.29, 0.717) is 17.1 Å². The maximum absolute atomic E-state index is 13.5. The third-order valence-corrected chi connectivity index (χ3v) is 4.17. The van der Waals surface area contributed by atoms with Crippen molar-refractivity contribution in [1.82, 2.24) is 19.5 Å². The number of benzene rings is 1. The Bertz CT molecular complexity index is 1080. The number of pyridine rings is 2. The van der Waals surface area contributed by atoms with Crippen LogP contribution in [0.5, 0.6) is 0 Å². The number of nitrogens with zero attached hydrogens (tertiary/aromatic N) is 4. The summed E-state index contributed by atoms with van der Waals surface area (Å²) in [4.78, 5) is 11.7. The van der Waals surface area contributed by atoms with Crippen molar-refractivity contribution < 1.29 is 8.78 Å². The Hall–Kier alpha value is -2.86. The summed E-state index contributed by atoms with van der Waals surface area (Å²) in [5, 5.41) is 0.362. The Labute approximate surface area is 146 Å². The fourth-order valence-electron chi connectivity index (χ4n) is 2.72. The number of fused-ring (bicyclic) bond motifs is 1. The number of imidazole rings is 1. The van der Waals surface area contributed by atoms with Gasteiger partial charge in [-0.05, 0) is 29.3 Å². The summed E-state index contributed by atoms with van der Waals surface area (Å²) in [5.74, 6) is -0.986. The zero-order valence-electron chi connectivity index (χ0n) is 12.8. The molecule has 0 radical (unpaired) electrons. The molecule has 3 aromatic heterocycles. The van der Waals surface area contributed by atoms with Crippen molar-refractivity contribution in [2.24, 2.45) is 0 Å². The van der Waals surface area contributed by atoms with Crippen LogP contribution in [0.4, 0.5) is 8.78 Å². The van der Waals surface area contributed by atoms with E-state index >= 15 is 0 Å². The predicted octanol–water partition coefficient (Wildman–Crippen LogP) is 4.47. The number of aromatic nitrogens is 4. The van der Waals surface area contributed by atoms with Gasteiger partial charge in [-0.15, -0.1) is 0 Å². The minimum Gasteiger partial charge on any atom is -0.326 e. The lowest BCUT2D eigenvalue weighted by atomic mass is 10.1. The zero-order valence-corrected chi connectivity index (χ0v) is 13.6. The first-order chi connectivity index (χ1) is 12.1. The summed E-state index contributed by atoms with van der Waals surface area (Å²) in [6.07, 6.45) is 5.72. The van der Waals surface area contributed by atoms with E-state index in [1.165, 1.54) is 18.3 Å². The van der Waals surface area contributed by atoms with Crippen LogP contribution in [0.1, 0.15) is 5.56 Å². The fourth-order valence-corrected chi connectivity index (χ4v) is 2.94. The Balaban J connectivity index is 1.79. The molecule has 0 bridgehead atoms. The molecule has 0 fully saturated rings. The average molecular weight is 357 g/mol. The molecule has 0 aliphatic rings. The highest BCUT2D eigenvalue weighted by Crippen LogP contribution is 2.30. The molecule has 0 saturated carbocycles. The van der Waals surface area contributed by atoms with Crippen molar-refractivity contribution >= 4 is 22.6 Å². The monoisotopic (exact) mass is 356 g/mol. The lowest BCUT2D eigenvalue weighted by Crippen LogP contribution is -1.99. The van der Waals surface area contributed by atoms with E-state index in [0.717, 1.165) is 28.4 Å². The second-order valence-electron chi connectivity index (χ2n) is 5.57. The van der Waals surface area contributed by atoms with E-state index in [9.17, 15) is 8.78 Å². The van der Waals surface area contributed by atoms with E-state index < -0.39 is 5.95 Å². The normalized spacial score (nSPS) is 11.2. The lowest BCUT2D eigenvalue weighted by molar-refractivity contribution is 0.584. The predicted molar refractivity (Wildman–Crippen MR) is 91.2 cm³/mol. The van der Waals surface area contributed by atoms with E-state index in [1.807, 2.05) is 22.8 Å². The first kappa shape index (κ1) is 15.7. The molecular weight excluding hydrogens is 346 g/mol. The zero-order chi connectivity index (χ0) is 17.4. The van der Waals surface area contributed by atoms with Gasteiger partial charge in [-0.3, -0.25) is 4.98 Å². The Morgan fingerprint density at radius 2 is 1.88 bits per heavy atom. The quantitative estimate of drug-likeness (QED) is 0.508. The summed E-state index contributed by atoms with van der Waals surface area (Å²) in [6.45, 7) is 0.420. The van der Waals surface area contributed by atoms with Gasteiger partial charge in [-0.25, -0.2) is 14.4 Å². The molecule has 0 N–H and O–H groups in total. The van der Waals surface area contributed by atoms with Crippen molar-refractivity contribution in [2.75, 3.05) is 0 Å². The Morgan fingerprint density at radius 3 is 2.72 bits per heavy atom. The Kier molecular flexibility index (Phi) is 3.89. The molecule has 4 rings (SSSR count). The van der Waals surface area contributed by atoms with Crippen LogP contribution in [-0.4, -0.2) is 19.5 Å². The first-order valence-electron chi connectivity index (χ1n) is 7.46. The molecule has 0 atom stereocenters. The van der Waals surface area contributed by atoms with Gasteiger partial charge in [-0.1, -0.05) is 17.7 Å². The third-order valence-electron chi connectivity index (χ3n) is 3.87. The molecule has 0 aliphatic heterocycles. The van der Waals surface area contributed by atoms with Crippen LogP contribution in [-0.2, 0) is 6.54 Å². The summed E-state index contributed by atoms with van der Waals surface area (Å²) >= 11 is 6.14. The highest BCUT2D eigenvalue weighted by Gasteiger charge is 2.10. The van der Waals surface area contributed by atoms with Crippen molar-refractivity contribution in [3.8, 4) is 11.1 Å². The van der Waals surface area contributed by atoms with Crippen molar-refractivity contribution in [1.29, 1.82) is 0 Å². The van der Waals surface area contributed by atoms with Crippen LogP contribution in [0.25, 0.3) is 22.2 Å². The summed E-state index contributed by atoms with van der Waals surface area (Å²) in [6, 6.07) is 8.25. The SMILES string of the molecule is Fc1cncc(Cn2cnc3ccc(-c4cc(F)ncc4Cl)cc32)c1. The van der Waals surface area contributed by atoms with Gasteiger partial charge in [0.05, 0.1) is 35.1 Å². The topological polar surface area (TPSA) is 43.6 Å². The van der Waals surface area contributed by atoms with Crippen molar-refractivity contribution in [3.05, 3.63) is 77.6 Å². The van der Waals surface area contributed by atoms with Crippen LogP contribution in [0.3, 0.4) is 0 Å². The minimum atomic E-state index is -0.598. The average Bonchev–Trinajstić information content (AvgIpc) is 2.99. The molecule has 4 aromatic rings. The molecule has 0 aliphatic carbocycles. The standard InChI is InChI=1S/C18H11ClF2N4/c19-15-8-23-18(21)5-14(15)12-1-2-16-17(4-12)25(10-24-16)9-11-3-13(20)7-22-6-11/h1-8,10H,9H2. The van der Waals surface area contributed by atoms with E-state index in [1.54, 1.807) is 12.5 Å². The molecule has 7 heteroatoms. The molecule has 3 heterocycles. The largest absolute Gasteiger partial charge is 0.326 e. The molecule has 0 spiro atoms. The van der Waals surface area contributed by atoms with Crippen LogP contribution >= 0.6 is 11.6 Å². The van der Waals surface area contributed by atoms with Crippen LogP contribution in [0, 0.1) is 11.8 Å². The molecule has 124 valence electrons.